The van der Waals surface area contributed by atoms with Gasteiger partial charge in [-0.15, -0.1) is 0 Å². The molecule has 172 valence electrons. The molecule has 0 radical (unpaired) electrons. The molecule has 0 bridgehead atoms. The van der Waals surface area contributed by atoms with Gasteiger partial charge < -0.3 is 10.6 Å². The summed E-state index contributed by atoms with van der Waals surface area (Å²) < 4.78 is 0. The molecular formula is C27H24ClN3O3. The lowest BCUT2D eigenvalue weighted by molar-refractivity contribution is -0.120. The number of halogens is 1. The zero-order valence-corrected chi connectivity index (χ0v) is 20.1. The molecule has 0 saturated carbocycles. The van der Waals surface area contributed by atoms with E-state index in [9.17, 15) is 14.4 Å². The van der Waals surface area contributed by atoms with Crippen molar-refractivity contribution < 1.29 is 14.4 Å². The number of amides is 3. The third-order valence-electron chi connectivity index (χ3n) is 5.54. The zero-order valence-electron chi connectivity index (χ0n) is 19.3. The van der Waals surface area contributed by atoms with Gasteiger partial charge in [0, 0.05) is 16.9 Å². The molecule has 6 nitrogen and oxygen atoms in total. The van der Waals surface area contributed by atoms with Gasteiger partial charge in [0.2, 0.25) is 0 Å². The summed E-state index contributed by atoms with van der Waals surface area (Å²) in [6.07, 6.45) is 0. The zero-order chi connectivity index (χ0) is 24.6. The van der Waals surface area contributed by atoms with Gasteiger partial charge in [-0.3, -0.25) is 14.4 Å². The second-order valence-electron chi connectivity index (χ2n) is 8.46. The molecule has 0 aromatic heterocycles. The highest BCUT2D eigenvalue weighted by Crippen LogP contribution is 2.31. The van der Waals surface area contributed by atoms with Gasteiger partial charge in [-0.1, -0.05) is 35.4 Å². The molecule has 3 aromatic carbocycles. The number of carbonyl (C=O) groups excluding carboxylic acids is 3. The van der Waals surface area contributed by atoms with Crippen molar-refractivity contribution in [1.29, 1.82) is 0 Å². The Morgan fingerprint density at radius 3 is 2.06 bits per heavy atom. The van der Waals surface area contributed by atoms with E-state index in [-0.39, 0.29) is 16.6 Å². The Hall–Kier alpha value is -3.90. The normalized spacial score (nSPS) is 13.5. The highest BCUT2D eigenvalue weighted by molar-refractivity contribution is 6.53. The molecule has 3 aromatic rings. The van der Waals surface area contributed by atoms with Crippen molar-refractivity contribution in [3.05, 3.63) is 99.2 Å². The second-order valence-corrected chi connectivity index (χ2v) is 8.83. The van der Waals surface area contributed by atoms with Gasteiger partial charge in [0.05, 0.1) is 5.69 Å². The number of nitrogens with zero attached hydrogens (tertiary/aromatic N) is 1. The monoisotopic (exact) mass is 473 g/mol. The van der Waals surface area contributed by atoms with Gasteiger partial charge in [0.15, 0.2) is 0 Å². The van der Waals surface area contributed by atoms with Gasteiger partial charge >= 0.3 is 0 Å². The van der Waals surface area contributed by atoms with Gasteiger partial charge in [0.1, 0.15) is 10.7 Å². The van der Waals surface area contributed by atoms with E-state index in [0.29, 0.717) is 16.9 Å². The maximum Gasteiger partial charge on any atom is 0.283 e. The van der Waals surface area contributed by atoms with Crippen molar-refractivity contribution in [3.8, 4) is 0 Å². The van der Waals surface area contributed by atoms with E-state index in [1.54, 1.807) is 36.4 Å². The largest absolute Gasteiger partial charge is 0.350 e. The first kappa shape index (κ1) is 23.3. The first-order valence-corrected chi connectivity index (χ1v) is 11.1. The van der Waals surface area contributed by atoms with E-state index in [4.69, 9.17) is 11.6 Å². The maximum atomic E-state index is 13.0. The van der Waals surface area contributed by atoms with Crippen molar-refractivity contribution in [3.63, 3.8) is 0 Å². The summed E-state index contributed by atoms with van der Waals surface area (Å²) in [7, 11) is 0. The lowest BCUT2D eigenvalue weighted by Crippen LogP contribution is -2.32. The minimum absolute atomic E-state index is 0.00157. The highest BCUT2D eigenvalue weighted by Gasteiger charge is 2.39. The van der Waals surface area contributed by atoms with Gasteiger partial charge in [-0.25, -0.2) is 4.90 Å². The number of imide groups is 1. The van der Waals surface area contributed by atoms with Crippen LogP contribution in [0.3, 0.4) is 0 Å². The first-order valence-electron chi connectivity index (χ1n) is 10.8. The molecule has 0 aliphatic carbocycles. The third kappa shape index (κ3) is 4.58. The number of anilines is 3. The number of carbonyl (C=O) groups is 3. The molecule has 7 heteroatoms. The second kappa shape index (κ2) is 9.15. The SMILES string of the molecule is Cc1cc(C)cc(N2C(=O)C(Cl)=C(Nc3ccc(C(=O)Nc4ccc(C)cc4C)cc3)C2=O)c1. The minimum Gasteiger partial charge on any atom is -0.350 e. The van der Waals surface area contributed by atoms with Crippen molar-refractivity contribution >= 4 is 46.4 Å². The molecule has 3 amide bonds. The Balaban J connectivity index is 1.50. The first-order chi connectivity index (χ1) is 16.1. The van der Waals surface area contributed by atoms with E-state index in [1.807, 2.05) is 52.0 Å². The summed E-state index contributed by atoms with van der Waals surface area (Å²) in [6, 6.07) is 17.9. The van der Waals surface area contributed by atoms with E-state index < -0.39 is 11.8 Å². The molecule has 0 spiro atoms. The molecule has 4 rings (SSSR count). The fraction of sp³-hybridized carbons (Fsp3) is 0.148. The predicted octanol–water partition coefficient (Wildman–Crippen LogP) is 5.61. The smallest absolute Gasteiger partial charge is 0.283 e. The van der Waals surface area contributed by atoms with Crippen molar-refractivity contribution in [2.75, 3.05) is 15.5 Å². The third-order valence-corrected chi connectivity index (χ3v) is 5.89. The van der Waals surface area contributed by atoms with Crippen molar-refractivity contribution in [2.24, 2.45) is 0 Å². The molecule has 0 saturated heterocycles. The lowest BCUT2D eigenvalue weighted by atomic mass is 10.1. The average Bonchev–Trinajstić information content (AvgIpc) is 2.98. The van der Waals surface area contributed by atoms with Crippen LogP contribution in [0.1, 0.15) is 32.6 Å². The van der Waals surface area contributed by atoms with E-state index in [0.717, 1.165) is 32.8 Å². The van der Waals surface area contributed by atoms with Crippen LogP contribution in [-0.4, -0.2) is 17.7 Å². The quantitative estimate of drug-likeness (QED) is 0.472. The molecule has 2 N–H and O–H groups in total. The molecule has 34 heavy (non-hydrogen) atoms. The standard InChI is InChI=1S/C27H24ClN3O3/c1-15-5-10-22(18(4)12-15)30-25(32)19-6-8-20(9-7-19)29-24-23(28)26(33)31(27(24)34)21-13-16(2)11-17(3)14-21/h5-14,29H,1-4H3,(H,30,32). The average molecular weight is 474 g/mol. The number of benzene rings is 3. The number of hydrogen-bond donors (Lipinski definition) is 2. The van der Waals surface area contributed by atoms with Crippen LogP contribution in [0.4, 0.5) is 17.1 Å². The summed E-state index contributed by atoms with van der Waals surface area (Å²) in [5.41, 5.74) is 6.16. The molecule has 1 aliphatic heterocycles. The molecule has 1 heterocycles. The van der Waals surface area contributed by atoms with Gasteiger partial charge in [-0.2, -0.15) is 0 Å². The van der Waals surface area contributed by atoms with Crippen LogP contribution in [-0.2, 0) is 9.59 Å². The predicted molar refractivity (Wildman–Crippen MR) is 135 cm³/mol. The van der Waals surface area contributed by atoms with Crippen LogP contribution in [0.15, 0.2) is 71.4 Å². The van der Waals surface area contributed by atoms with Gasteiger partial charge in [0.25, 0.3) is 17.7 Å². The van der Waals surface area contributed by atoms with Crippen LogP contribution in [0.2, 0.25) is 0 Å². The van der Waals surface area contributed by atoms with E-state index in [2.05, 4.69) is 10.6 Å². The Kier molecular flexibility index (Phi) is 6.26. The van der Waals surface area contributed by atoms with Crippen molar-refractivity contribution in [1.82, 2.24) is 0 Å². The van der Waals surface area contributed by atoms with E-state index >= 15 is 0 Å². The lowest BCUT2D eigenvalue weighted by Gasteiger charge is -2.16. The van der Waals surface area contributed by atoms with Crippen LogP contribution >= 0.6 is 11.6 Å². The molecule has 1 aliphatic rings. The van der Waals surface area contributed by atoms with Crippen molar-refractivity contribution in [2.45, 2.75) is 27.7 Å². The Labute approximate surface area is 203 Å². The molecule has 0 atom stereocenters. The molecule has 0 fully saturated rings. The number of hydrogen-bond acceptors (Lipinski definition) is 4. The number of nitrogens with one attached hydrogen (secondary N) is 2. The Morgan fingerprint density at radius 1 is 0.794 bits per heavy atom. The van der Waals surface area contributed by atoms with Crippen LogP contribution in [0.25, 0.3) is 0 Å². The summed E-state index contributed by atoms with van der Waals surface area (Å²) in [6.45, 7) is 7.73. The summed E-state index contributed by atoms with van der Waals surface area (Å²) >= 11 is 6.24. The van der Waals surface area contributed by atoms with Gasteiger partial charge in [-0.05, 0) is 86.8 Å². The number of aryl methyl sites for hydroxylation is 4. The molecule has 0 unspecified atom stereocenters. The van der Waals surface area contributed by atoms with E-state index in [1.165, 1.54) is 0 Å². The fourth-order valence-electron chi connectivity index (χ4n) is 3.92. The van der Waals surface area contributed by atoms with Crippen LogP contribution in [0, 0.1) is 27.7 Å². The van der Waals surface area contributed by atoms with Crippen LogP contribution < -0.4 is 15.5 Å². The number of rotatable bonds is 5. The summed E-state index contributed by atoms with van der Waals surface area (Å²) in [4.78, 5) is 39.5. The maximum absolute atomic E-state index is 13.0. The fourth-order valence-corrected chi connectivity index (χ4v) is 4.14. The molecular weight excluding hydrogens is 450 g/mol. The Bertz CT molecular complexity index is 1340. The Morgan fingerprint density at radius 2 is 1.44 bits per heavy atom. The summed E-state index contributed by atoms with van der Waals surface area (Å²) in [5, 5.41) is 5.66. The van der Waals surface area contributed by atoms with Crippen LogP contribution in [0.5, 0.6) is 0 Å². The summed E-state index contributed by atoms with van der Waals surface area (Å²) in [5.74, 6) is -1.36. The minimum atomic E-state index is -0.580. The topological polar surface area (TPSA) is 78.5 Å². The highest BCUT2D eigenvalue weighted by atomic mass is 35.5.